The fraction of sp³-hybridized carbons (Fsp3) is 0.484. The predicted molar refractivity (Wildman–Crippen MR) is 144 cm³/mol. The van der Waals surface area contributed by atoms with E-state index in [1.54, 1.807) is 0 Å². The molecule has 7 heteroatoms. The third-order valence-electron chi connectivity index (χ3n) is 8.14. The van der Waals surface area contributed by atoms with E-state index in [-0.39, 0.29) is 29.6 Å². The fourth-order valence-corrected chi connectivity index (χ4v) is 6.40. The fourth-order valence-electron chi connectivity index (χ4n) is 6.40. The van der Waals surface area contributed by atoms with E-state index in [4.69, 9.17) is 4.74 Å². The molecule has 2 aromatic carbocycles. The van der Waals surface area contributed by atoms with Crippen LogP contribution in [-0.4, -0.2) is 29.4 Å². The van der Waals surface area contributed by atoms with Gasteiger partial charge in [-0.3, -0.25) is 14.4 Å². The third kappa shape index (κ3) is 5.45. The lowest BCUT2D eigenvalue weighted by molar-refractivity contribution is -0.173. The van der Waals surface area contributed by atoms with Gasteiger partial charge in [0.05, 0.1) is 24.3 Å². The molecule has 38 heavy (non-hydrogen) atoms. The second kappa shape index (κ2) is 10.2. The molecular formula is C31H35N3O4. The molecule has 3 fully saturated rings. The first kappa shape index (κ1) is 26.0. The van der Waals surface area contributed by atoms with Crippen LogP contribution < -0.4 is 10.6 Å². The monoisotopic (exact) mass is 513 g/mol. The van der Waals surface area contributed by atoms with Crippen LogP contribution in [0.25, 0.3) is 11.1 Å². The number of nitrogens with one attached hydrogen (secondary N) is 2. The second-order valence-corrected chi connectivity index (χ2v) is 11.9. The first-order valence-corrected chi connectivity index (χ1v) is 13.6. The topological polar surface area (TPSA) is 108 Å². The number of anilines is 1. The Kier molecular flexibility index (Phi) is 7.00. The molecule has 3 saturated carbocycles. The Hall–Kier alpha value is -3.66. The maximum atomic E-state index is 13.5. The third-order valence-corrected chi connectivity index (χ3v) is 8.14. The van der Waals surface area contributed by atoms with Gasteiger partial charge in [0.2, 0.25) is 11.8 Å². The first-order chi connectivity index (χ1) is 18.1. The van der Waals surface area contributed by atoms with Gasteiger partial charge >= 0.3 is 5.97 Å². The molecular weight excluding hydrogens is 478 g/mol. The van der Waals surface area contributed by atoms with Crippen molar-refractivity contribution < 1.29 is 19.1 Å². The molecule has 0 saturated heterocycles. The largest absolute Gasteiger partial charge is 0.460 e. The van der Waals surface area contributed by atoms with E-state index in [0.29, 0.717) is 12.8 Å². The Bertz CT molecular complexity index is 1280. The van der Waals surface area contributed by atoms with Crippen molar-refractivity contribution in [2.24, 2.45) is 23.7 Å². The number of carbonyl (C=O) groups is 3. The van der Waals surface area contributed by atoms with Crippen LogP contribution in [0, 0.1) is 35.0 Å². The van der Waals surface area contributed by atoms with Crippen molar-refractivity contribution in [3.63, 3.8) is 0 Å². The van der Waals surface area contributed by atoms with E-state index in [9.17, 15) is 19.6 Å². The predicted octanol–water partition coefficient (Wildman–Crippen LogP) is 4.79. The Morgan fingerprint density at radius 3 is 2.29 bits per heavy atom. The number of esters is 1. The minimum absolute atomic E-state index is 0.00978. The number of hydrogen-bond donors (Lipinski definition) is 2. The van der Waals surface area contributed by atoms with Crippen molar-refractivity contribution in [1.82, 2.24) is 5.32 Å². The smallest absolute Gasteiger partial charge is 0.310 e. The van der Waals surface area contributed by atoms with Gasteiger partial charge in [-0.2, -0.15) is 5.26 Å². The summed E-state index contributed by atoms with van der Waals surface area (Å²) >= 11 is 0. The SMILES string of the molecule is CC(C)(C)OC(=O)C1C2CCC(CC2)[C@H]1C(=O)N[C@H](C#N)Cc1ccc(-c2ccc3c(c2)NC(=O)C3)cc1. The zero-order chi connectivity index (χ0) is 27.0. The standard InChI is InChI=1S/C31H35N3O4/c1-31(2,3)38-30(37)28-21-10-8-20(9-11-21)27(28)29(36)33-24(17-32)14-18-4-6-19(7-5-18)22-12-13-23-16-26(35)34-25(23)15-22/h4-7,12-13,15,20-21,24,27-28H,8-11,14,16H2,1-3H3,(H,33,36)(H,34,35)/t20?,21?,24-,27+,28?/m0/s1. The average molecular weight is 514 g/mol. The number of rotatable bonds is 6. The molecule has 0 spiro atoms. The molecule has 2 N–H and O–H groups in total. The highest BCUT2D eigenvalue weighted by atomic mass is 16.6. The van der Waals surface area contributed by atoms with Gasteiger partial charge in [-0.1, -0.05) is 36.4 Å². The maximum Gasteiger partial charge on any atom is 0.310 e. The summed E-state index contributed by atoms with van der Waals surface area (Å²) in [5.41, 5.74) is 4.19. The Morgan fingerprint density at radius 2 is 1.66 bits per heavy atom. The summed E-state index contributed by atoms with van der Waals surface area (Å²) in [6.07, 6.45) is 4.56. The summed E-state index contributed by atoms with van der Waals surface area (Å²) in [4.78, 5) is 38.2. The Labute approximate surface area is 223 Å². The van der Waals surface area contributed by atoms with E-state index in [0.717, 1.165) is 53.6 Å². The van der Waals surface area contributed by atoms with E-state index in [1.807, 2.05) is 63.2 Å². The van der Waals surface area contributed by atoms with Crippen LogP contribution in [0.4, 0.5) is 5.69 Å². The van der Waals surface area contributed by atoms with Gasteiger partial charge in [-0.15, -0.1) is 0 Å². The van der Waals surface area contributed by atoms with Crippen LogP contribution in [0.3, 0.4) is 0 Å². The average Bonchev–Trinajstić information content (AvgIpc) is 3.27. The molecule has 6 rings (SSSR count). The van der Waals surface area contributed by atoms with Gasteiger partial charge in [-0.05, 0) is 86.6 Å². The zero-order valence-electron chi connectivity index (χ0n) is 22.3. The summed E-state index contributed by atoms with van der Waals surface area (Å²) < 4.78 is 5.71. The van der Waals surface area contributed by atoms with Gasteiger partial charge in [0, 0.05) is 12.1 Å². The van der Waals surface area contributed by atoms with Gasteiger partial charge in [0.25, 0.3) is 0 Å². The lowest BCUT2D eigenvalue weighted by Crippen LogP contribution is -2.53. The molecule has 1 unspecified atom stereocenters. The second-order valence-electron chi connectivity index (χ2n) is 11.9. The number of amides is 2. The Balaban J connectivity index is 1.25. The van der Waals surface area contributed by atoms with E-state index in [2.05, 4.69) is 16.7 Å². The van der Waals surface area contributed by atoms with Gasteiger partial charge < -0.3 is 15.4 Å². The molecule has 0 radical (unpaired) electrons. The van der Waals surface area contributed by atoms with Crippen molar-refractivity contribution in [3.8, 4) is 17.2 Å². The van der Waals surface area contributed by atoms with E-state index < -0.39 is 23.5 Å². The number of ether oxygens (including phenoxy) is 1. The summed E-state index contributed by atoms with van der Waals surface area (Å²) in [6, 6.07) is 15.4. The van der Waals surface area contributed by atoms with Crippen LogP contribution in [-0.2, 0) is 32.0 Å². The Morgan fingerprint density at radius 1 is 1.03 bits per heavy atom. The van der Waals surface area contributed by atoms with Gasteiger partial charge in [0.1, 0.15) is 11.6 Å². The maximum absolute atomic E-state index is 13.5. The lowest BCUT2D eigenvalue weighted by atomic mass is 9.58. The quantitative estimate of drug-likeness (QED) is 0.540. The number of nitriles is 1. The number of benzene rings is 2. The zero-order valence-corrected chi connectivity index (χ0v) is 22.3. The molecule has 1 aliphatic heterocycles. The molecule has 2 bridgehead atoms. The molecule has 2 amide bonds. The minimum atomic E-state index is -0.691. The summed E-state index contributed by atoms with van der Waals surface area (Å²) in [6.45, 7) is 5.54. The number of nitrogens with zero attached hydrogens (tertiary/aromatic N) is 1. The van der Waals surface area contributed by atoms with Crippen LogP contribution in [0.15, 0.2) is 42.5 Å². The summed E-state index contributed by atoms with van der Waals surface area (Å²) in [5, 5.41) is 15.7. The molecule has 4 aliphatic rings. The van der Waals surface area contributed by atoms with Crippen molar-refractivity contribution >= 4 is 23.5 Å². The van der Waals surface area contributed by atoms with Gasteiger partial charge in [0.15, 0.2) is 0 Å². The van der Waals surface area contributed by atoms with E-state index in [1.165, 1.54) is 0 Å². The summed E-state index contributed by atoms with van der Waals surface area (Å²) in [7, 11) is 0. The van der Waals surface area contributed by atoms with Crippen LogP contribution in [0.2, 0.25) is 0 Å². The highest BCUT2D eigenvalue weighted by Gasteiger charge is 2.51. The molecule has 2 aromatic rings. The highest BCUT2D eigenvalue weighted by Crippen LogP contribution is 2.49. The normalized spacial score (nSPS) is 24.6. The molecule has 3 atom stereocenters. The first-order valence-electron chi connectivity index (χ1n) is 13.6. The molecule has 1 heterocycles. The number of carbonyl (C=O) groups excluding carboxylic acids is 3. The molecule has 3 aliphatic carbocycles. The lowest BCUT2D eigenvalue weighted by Gasteiger charge is -2.47. The van der Waals surface area contributed by atoms with Crippen molar-refractivity contribution in [3.05, 3.63) is 53.6 Å². The van der Waals surface area contributed by atoms with Gasteiger partial charge in [-0.25, -0.2) is 0 Å². The van der Waals surface area contributed by atoms with Crippen molar-refractivity contribution in [2.75, 3.05) is 5.32 Å². The minimum Gasteiger partial charge on any atom is -0.460 e. The van der Waals surface area contributed by atoms with Crippen LogP contribution in [0.5, 0.6) is 0 Å². The number of hydrogen-bond acceptors (Lipinski definition) is 5. The highest BCUT2D eigenvalue weighted by molar-refractivity contribution is 6.00. The van der Waals surface area contributed by atoms with Crippen LogP contribution in [0.1, 0.15) is 57.6 Å². The van der Waals surface area contributed by atoms with Crippen molar-refractivity contribution in [1.29, 1.82) is 5.26 Å². The molecule has 0 aromatic heterocycles. The van der Waals surface area contributed by atoms with Crippen LogP contribution >= 0.6 is 0 Å². The van der Waals surface area contributed by atoms with Crippen molar-refractivity contribution in [2.45, 2.75) is 70.9 Å². The number of fused-ring (bicyclic) bond motifs is 4. The van der Waals surface area contributed by atoms with E-state index >= 15 is 0 Å². The summed E-state index contributed by atoms with van der Waals surface area (Å²) in [5.74, 6) is -1.08. The molecule has 7 nitrogen and oxygen atoms in total. The molecule has 198 valence electrons.